The van der Waals surface area contributed by atoms with Gasteiger partial charge in [-0.05, 0) is 0 Å². The second-order valence-electron chi connectivity index (χ2n) is 6.74. The number of rotatable bonds is 0. The van der Waals surface area contributed by atoms with Gasteiger partial charge in [-0.3, -0.25) is 0 Å². The van der Waals surface area contributed by atoms with E-state index in [1.54, 1.807) is 0 Å². The summed E-state index contributed by atoms with van der Waals surface area (Å²) in [6, 6.07) is 48.0. The van der Waals surface area contributed by atoms with Crippen LogP contribution in [-0.2, 0) is 0 Å². The van der Waals surface area contributed by atoms with Gasteiger partial charge in [0.15, 0.2) is 0 Å². The van der Waals surface area contributed by atoms with E-state index in [9.17, 15) is 0 Å². The molecule has 0 saturated heterocycles. The quantitative estimate of drug-likeness (QED) is 0.155. The molecule has 0 N–H and O–H groups in total. The summed E-state index contributed by atoms with van der Waals surface area (Å²) in [5.41, 5.74) is 0. The minimum absolute atomic E-state index is 0. The Hall–Kier alpha value is -2.07. The van der Waals surface area contributed by atoms with E-state index in [4.69, 9.17) is 0 Å². The van der Waals surface area contributed by atoms with Crippen LogP contribution in [0.1, 0.15) is 117 Å². The summed E-state index contributed by atoms with van der Waals surface area (Å²) in [4.78, 5) is 0. The van der Waals surface area contributed by atoms with Gasteiger partial charge < -0.3 is 14.9 Å². The third-order valence-electron chi connectivity index (χ3n) is 2.67. The Balaban J connectivity index is -0.0000000311. The fraction of sp³-hybridized carbons (Fsp3) is 0.395. The van der Waals surface area contributed by atoms with Gasteiger partial charge >= 0.3 is 31.1 Å². The molecule has 0 heterocycles. The van der Waals surface area contributed by atoms with Gasteiger partial charge in [0.05, 0.1) is 0 Å². The maximum atomic E-state index is 2.12. The Bertz CT molecular complexity index is 461. The molecular formula is C43H80U. The Labute approximate surface area is 306 Å². The van der Waals surface area contributed by atoms with E-state index in [1.165, 1.54) is 19.3 Å². The normalized spacial score (nSPS) is 6.00. The Morgan fingerprint density at radius 2 is 0.250 bits per heavy atom. The molecule has 0 amide bonds. The maximum Gasteiger partial charge on any atom is 2.00 e. The van der Waals surface area contributed by atoms with Crippen molar-refractivity contribution < 1.29 is 31.1 Å². The first-order valence-electron chi connectivity index (χ1n) is 15.2. The summed E-state index contributed by atoms with van der Waals surface area (Å²) < 4.78 is 0. The van der Waals surface area contributed by atoms with Crippen LogP contribution in [0.5, 0.6) is 0 Å². The zero-order valence-electron chi connectivity index (χ0n) is 30.5. The summed E-state index contributed by atoms with van der Waals surface area (Å²) >= 11 is 0. The molecule has 4 aromatic carbocycles. The van der Waals surface area contributed by atoms with Gasteiger partial charge in [-0.25, -0.2) is 0 Å². The van der Waals surface area contributed by atoms with Crippen LogP contribution in [0.25, 0.3) is 0 Å². The molecule has 0 fully saturated rings. The molecule has 0 atom stereocenters. The van der Waals surface area contributed by atoms with Crippen molar-refractivity contribution in [1.82, 2.24) is 0 Å². The SMILES string of the molecule is C.C.CC.CC.CC.CCC.CCC.CCC.[CH3-].[CH3-].[U+2].c1ccccc1.c1ccccc1.c1ccccc1.c1ccccc1. The van der Waals surface area contributed by atoms with Crippen LogP contribution in [0, 0.1) is 46.0 Å². The maximum absolute atomic E-state index is 2.12. The molecule has 256 valence electrons. The smallest absolute Gasteiger partial charge is 0.358 e. The molecule has 0 aliphatic carbocycles. The Morgan fingerprint density at radius 1 is 0.227 bits per heavy atom. The average molecular weight is 835 g/mol. The van der Waals surface area contributed by atoms with Crippen molar-refractivity contribution in [1.29, 1.82) is 0 Å². The van der Waals surface area contributed by atoms with Gasteiger partial charge in [0.1, 0.15) is 0 Å². The first kappa shape index (κ1) is 73.4. The molecule has 4 rings (SSSR count). The topological polar surface area (TPSA) is 0 Å². The summed E-state index contributed by atoms with van der Waals surface area (Å²) in [7, 11) is 0. The predicted octanol–water partition coefficient (Wildman–Crippen LogP) is 16.2. The molecule has 0 radical (unpaired) electrons. The van der Waals surface area contributed by atoms with Crippen molar-refractivity contribution in [2.75, 3.05) is 0 Å². The van der Waals surface area contributed by atoms with Crippen LogP contribution in [0.15, 0.2) is 146 Å². The van der Waals surface area contributed by atoms with E-state index in [0.717, 1.165) is 0 Å². The van der Waals surface area contributed by atoms with Crippen LogP contribution < -0.4 is 0 Å². The molecule has 44 heavy (non-hydrogen) atoms. The summed E-state index contributed by atoms with van der Waals surface area (Å²) in [5.74, 6) is 0. The van der Waals surface area contributed by atoms with Crippen LogP contribution in [0.3, 0.4) is 0 Å². The minimum atomic E-state index is 0. The van der Waals surface area contributed by atoms with E-state index < -0.39 is 0 Å². The van der Waals surface area contributed by atoms with Crippen molar-refractivity contribution in [3.8, 4) is 0 Å². The van der Waals surface area contributed by atoms with Crippen LogP contribution in [-0.4, -0.2) is 0 Å². The molecule has 0 saturated carbocycles. The number of benzene rings is 4. The van der Waals surface area contributed by atoms with Crippen LogP contribution >= 0.6 is 0 Å². The van der Waals surface area contributed by atoms with Gasteiger partial charge in [-0.15, -0.1) is 0 Å². The second-order valence-corrected chi connectivity index (χ2v) is 6.74. The summed E-state index contributed by atoms with van der Waals surface area (Å²) in [5, 5.41) is 0. The predicted molar refractivity (Wildman–Crippen MR) is 214 cm³/mol. The number of hydrogen-bond acceptors (Lipinski definition) is 0. The van der Waals surface area contributed by atoms with Crippen LogP contribution in [0.2, 0.25) is 0 Å². The fourth-order valence-corrected chi connectivity index (χ4v) is 1.54. The van der Waals surface area contributed by atoms with Crippen molar-refractivity contribution in [2.45, 2.75) is 117 Å². The van der Waals surface area contributed by atoms with Gasteiger partial charge in [-0.2, -0.15) is 0 Å². The average Bonchev–Trinajstić information content (AvgIpc) is 3.06. The second kappa shape index (κ2) is 105. The fourth-order valence-electron chi connectivity index (χ4n) is 1.54. The van der Waals surface area contributed by atoms with E-state index in [-0.39, 0.29) is 60.8 Å². The van der Waals surface area contributed by atoms with E-state index >= 15 is 0 Å². The van der Waals surface area contributed by atoms with E-state index in [1.807, 2.05) is 187 Å². The van der Waals surface area contributed by atoms with Gasteiger partial charge in [0.2, 0.25) is 0 Å². The van der Waals surface area contributed by atoms with Crippen molar-refractivity contribution in [3.63, 3.8) is 0 Å². The molecule has 0 nitrogen and oxygen atoms in total. The summed E-state index contributed by atoms with van der Waals surface area (Å²) in [6.07, 6.45) is 3.75. The molecule has 0 aliphatic heterocycles. The Morgan fingerprint density at radius 3 is 0.273 bits per heavy atom. The molecule has 1 heteroatoms. The van der Waals surface area contributed by atoms with Crippen LogP contribution in [0.4, 0.5) is 0 Å². The summed E-state index contributed by atoms with van der Waals surface area (Å²) in [6.45, 7) is 24.8. The first-order chi connectivity index (χ1) is 19.2. The van der Waals surface area contributed by atoms with Crippen molar-refractivity contribution in [3.05, 3.63) is 160 Å². The first-order valence-corrected chi connectivity index (χ1v) is 15.2. The molecule has 0 spiro atoms. The minimum Gasteiger partial charge on any atom is -0.358 e. The zero-order valence-corrected chi connectivity index (χ0v) is 34.6. The molecular weight excluding hydrogens is 755 g/mol. The molecule has 0 bridgehead atoms. The standard InChI is InChI=1S/4C6H6.3C3H8.3C2H6.2CH4.2CH3.U/c4*1-2-4-6-5-3-1;3*1-3-2;3*1-2;;;;;/h4*1-6H;3*3H2,1-2H3;3*1-2H3;2*1H4;2*1H3;/q;;;;;;;;;;;;2*-1;+2. The van der Waals surface area contributed by atoms with E-state index in [2.05, 4.69) is 41.5 Å². The van der Waals surface area contributed by atoms with Gasteiger partial charge in [0.25, 0.3) is 0 Å². The van der Waals surface area contributed by atoms with E-state index in [0.29, 0.717) is 0 Å². The third kappa shape index (κ3) is 126. The Kier molecular flexibility index (Phi) is 175. The number of hydrogen-bond donors (Lipinski definition) is 0. The largest absolute Gasteiger partial charge is 2.00 e. The van der Waals surface area contributed by atoms with Gasteiger partial charge in [0, 0.05) is 0 Å². The molecule has 4 aromatic rings. The monoisotopic (exact) mass is 835 g/mol. The zero-order chi connectivity index (χ0) is 31.1. The third-order valence-corrected chi connectivity index (χ3v) is 2.67. The van der Waals surface area contributed by atoms with Gasteiger partial charge in [-0.1, -0.05) is 263 Å². The molecule has 0 aromatic heterocycles. The van der Waals surface area contributed by atoms with Crippen molar-refractivity contribution in [2.24, 2.45) is 0 Å². The van der Waals surface area contributed by atoms with Crippen molar-refractivity contribution >= 4 is 0 Å². The molecule has 0 unspecified atom stereocenters. The molecule has 0 aliphatic rings.